The van der Waals surface area contributed by atoms with Crippen molar-refractivity contribution < 1.29 is 9.59 Å². The number of piperazine rings is 1. The quantitative estimate of drug-likeness (QED) is 0.880. The second-order valence-electron chi connectivity index (χ2n) is 5.60. The molecule has 0 saturated carbocycles. The SMILES string of the molecule is CCCC1NC(=O)C(C)N(Cc2cc(CC)nn2C)C1=O. The van der Waals surface area contributed by atoms with Gasteiger partial charge in [0, 0.05) is 7.05 Å². The summed E-state index contributed by atoms with van der Waals surface area (Å²) in [5.74, 6) is -0.0749. The maximum Gasteiger partial charge on any atom is 0.246 e. The first kappa shape index (κ1) is 15.5. The minimum atomic E-state index is -0.439. The Morgan fingerprint density at radius 3 is 2.62 bits per heavy atom. The summed E-state index contributed by atoms with van der Waals surface area (Å²) in [6.07, 6.45) is 2.40. The molecule has 6 heteroatoms. The van der Waals surface area contributed by atoms with Gasteiger partial charge in [-0.05, 0) is 25.8 Å². The van der Waals surface area contributed by atoms with E-state index in [4.69, 9.17) is 0 Å². The Labute approximate surface area is 125 Å². The van der Waals surface area contributed by atoms with Crippen molar-refractivity contribution in [1.82, 2.24) is 20.0 Å². The lowest BCUT2D eigenvalue weighted by Gasteiger charge is -2.37. The summed E-state index contributed by atoms with van der Waals surface area (Å²) in [5.41, 5.74) is 1.95. The summed E-state index contributed by atoms with van der Waals surface area (Å²) < 4.78 is 1.79. The Hall–Kier alpha value is -1.85. The zero-order chi connectivity index (χ0) is 15.6. The van der Waals surface area contributed by atoms with E-state index >= 15 is 0 Å². The molecule has 0 aliphatic carbocycles. The van der Waals surface area contributed by atoms with Gasteiger partial charge in [-0.2, -0.15) is 5.10 Å². The van der Waals surface area contributed by atoms with Crippen LogP contribution in [0.1, 0.15) is 45.0 Å². The highest BCUT2D eigenvalue weighted by Gasteiger charge is 2.37. The van der Waals surface area contributed by atoms with Crippen molar-refractivity contribution >= 4 is 11.8 Å². The maximum absolute atomic E-state index is 12.5. The minimum absolute atomic E-state index is 0.00296. The minimum Gasteiger partial charge on any atom is -0.343 e. The molecular formula is C15H24N4O2. The number of nitrogens with zero attached hydrogens (tertiary/aromatic N) is 3. The molecule has 1 aliphatic rings. The van der Waals surface area contributed by atoms with Crippen LogP contribution in [-0.4, -0.2) is 38.6 Å². The van der Waals surface area contributed by atoms with Crippen molar-refractivity contribution in [3.63, 3.8) is 0 Å². The van der Waals surface area contributed by atoms with Crippen LogP contribution < -0.4 is 5.32 Å². The van der Waals surface area contributed by atoms with E-state index in [2.05, 4.69) is 10.4 Å². The summed E-state index contributed by atoms with van der Waals surface area (Å²) in [7, 11) is 1.87. The predicted molar refractivity (Wildman–Crippen MR) is 79.4 cm³/mol. The Balaban J connectivity index is 2.20. The average Bonchev–Trinajstić information content (AvgIpc) is 2.81. The van der Waals surface area contributed by atoms with Crippen LogP contribution in [0.3, 0.4) is 0 Å². The summed E-state index contributed by atoms with van der Waals surface area (Å²) in [5, 5.41) is 7.21. The number of aryl methyl sites for hydroxylation is 2. The standard InChI is InChI=1S/C15H24N4O2/c1-5-7-13-15(21)19(10(3)14(20)16-13)9-12-8-11(6-2)17-18(12)4/h8,10,13H,5-7,9H2,1-4H3,(H,16,20). The molecule has 1 N–H and O–H groups in total. The number of nitrogens with one attached hydrogen (secondary N) is 1. The molecule has 1 aromatic rings. The van der Waals surface area contributed by atoms with E-state index in [0.29, 0.717) is 13.0 Å². The van der Waals surface area contributed by atoms with Gasteiger partial charge in [0.2, 0.25) is 11.8 Å². The fraction of sp³-hybridized carbons (Fsp3) is 0.667. The van der Waals surface area contributed by atoms with Crippen LogP contribution in [0.25, 0.3) is 0 Å². The van der Waals surface area contributed by atoms with Gasteiger partial charge in [-0.1, -0.05) is 20.3 Å². The van der Waals surface area contributed by atoms with Gasteiger partial charge in [0.15, 0.2) is 0 Å². The molecule has 0 bridgehead atoms. The Morgan fingerprint density at radius 2 is 2.05 bits per heavy atom. The fourth-order valence-electron chi connectivity index (χ4n) is 2.65. The van der Waals surface area contributed by atoms with Gasteiger partial charge in [-0.15, -0.1) is 0 Å². The van der Waals surface area contributed by atoms with Crippen molar-refractivity contribution in [2.24, 2.45) is 7.05 Å². The van der Waals surface area contributed by atoms with E-state index in [1.165, 1.54) is 0 Å². The Morgan fingerprint density at radius 1 is 1.33 bits per heavy atom. The van der Waals surface area contributed by atoms with Gasteiger partial charge in [-0.25, -0.2) is 0 Å². The number of aromatic nitrogens is 2. The van der Waals surface area contributed by atoms with Crippen molar-refractivity contribution in [3.8, 4) is 0 Å². The summed E-state index contributed by atoms with van der Waals surface area (Å²) in [6.45, 7) is 6.26. The molecule has 0 aromatic carbocycles. The normalized spacial score (nSPS) is 22.6. The second kappa shape index (κ2) is 6.28. The number of amides is 2. The summed E-state index contributed by atoms with van der Waals surface area (Å²) in [4.78, 5) is 26.3. The van der Waals surface area contributed by atoms with Crippen molar-refractivity contribution in [2.75, 3.05) is 0 Å². The number of carbonyl (C=O) groups is 2. The van der Waals surface area contributed by atoms with E-state index in [0.717, 1.165) is 24.2 Å². The lowest BCUT2D eigenvalue weighted by Crippen LogP contribution is -2.61. The second-order valence-corrected chi connectivity index (χ2v) is 5.60. The molecule has 2 heterocycles. The molecule has 2 amide bonds. The van der Waals surface area contributed by atoms with Gasteiger partial charge >= 0.3 is 0 Å². The maximum atomic E-state index is 12.5. The highest BCUT2D eigenvalue weighted by Crippen LogP contribution is 2.17. The van der Waals surface area contributed by atoms with E-state index in [9.17, 15) is 9.59 Å². The summed E-state index contributed by atoms with van der Waals surface area (Å²) >= 11 is 0. The zero-order valence-electron chi connectivity index (χ0n) is 13.2. The van der Waals surface area contributed by atoms with E-state index in [1.807, 2.05) is 27.0 Å². The highest BCUT2D eigenvalue weighted by molar-refractivity contribution is 5.96. The topological polar surface area (TPSA) is 67.2 Å². The van der Waals surface area contributed by atoms with Crippen LogP contribution in [0.5, 0.6) is 0 Å². The number of rotatable bonds is 5. The van der Waals surface area contributed by atoms with Crippen LogP contribution in [0.15, 0.2) is 6.07 Å². The highest BCUT2D eigenvalue weighted by atomic mass is 16.2. The molecule has 0 spiro atoms. The third-order valence-corrected chi connectivity index (χ3v) is 4.04. The zero-order valence-corrected chi connectivity index (χ0v) is 13.2. The van der Waals surface area contributed by atoms with E-state index in [1.54, 1.807) is 16.5 Å². The molecule has 2 rings (SSSR count). The Kier molecular flexibility index (Phi) is 4.65. The van der Waals surface area contributed by atoms with Crippen molar-refractivity contribution in [3.05, 3.63) is 17.5 Å². The molecule has 116 valence electrons. The summed E-state index contributed by atoms with van der Waals surface area (Å²) in [6, 6.07) is 1.17. The molecule has 6 nitrogen and oxygen atoms in total. The van der Waals surface area contributed by atoms with E-state index < -0.39 is 12.1 Å². The Bertz CT molecular complexity index is 538. The van der Waals surface area contributed by atoms with Gasteiger partial charge in [-0.3, -0.25) is 14.3 Å². The number of hydrogen-bond acceptors (Lipinski definition) is 3. The molecule has 0 radical (unpaired) electrons. The first-order chi connectivity index (χ1) is 9.97. The molecule has 2 atom stereocenters. The van der Waals surface area contributed by atoms with Gasteiger partial charge < -0.3 is 10.2 Å². The van der Waals surface area contributed by atoms with Crippen LogP contribution >= 0.6 is 0 Å². The van der Waals surface area contributed by atoms with Crippen molar-refractivity contribution in [1.29, 1.82) is 0 Å². The van der Waals surface area contributed by atoms with Gasteiger partial charge in [0.25, 0.3) is 0 Å². The van der Waals surface area contributed by atoms with Crippen LogP contribution in [-0.2, 0) is 29.6 Å². The lowest BCUT2D eigenvalue weighted by atomic mass is 10.0. The van der Waals surface area contributed by atoms with Crippen LogP contribution in [0.2, 0.25) is 0 Å². The molecule has 2 unspecified atom stereocenters. The lowest BCUT2D eigenvalue weighted by molar-refractivity contribution is -0.149. The molecule has 1 aromatic heterocycles. The van der Waals surface area contributed by atoms with Crippen molar-refractivity contribution in [2.45, 2.75) is 58.7 Å². The number of hydrogen-bond donors (Lipinski definition) is 1. The molecular weight excluding hydrogens is 268 g/mol. The molecule has 1 aliphatic heterocycles. The molecule has 1 saturated heterocycles. The monoisotopic (exact) mass is 292 g/mol. The average molecular weight is 292 g/mol. The smallest absolute Gasteiger partial charge is 0.246 e. The van der Waals surface area contributed by atoms with E-state index in [-0.39, 0.29) is 11.8 Å². The largest absolute Gasteiger partial charge is 0.343 e. The van der Waals surface area contributed by atoms with Crippen LogP contribution in [0.4, 0.5) is 0 Å². The van der Waals surface area contributed by atoms with Crippen LogP contribution in [0, 0.1) is 0 Å². The van der Waals surface area contributed by atoms with Gasteiger partial charge in [0.05, 0.1) is 17.9 Å². The first-order valence-electron chi connectivity index (χ1n) is 7.60. The number of carbonyl (C=O) groups excluding carboxylic acids is 2. The molecule has 21 heavy (non-hydrogen) atoms. The third kappa shape index (κ3) is 3.09. The predicted octanol–water partition coefficient (Wildman–Crippen LogP) is 0.998. The molecule has 1 fully saturated rings. The first-order valence-corrected chi connectivity index (χ1v) is 7.60. The fourth-order valence-corrected chi connectivity index (χ4v) is 2.65. The third-order valence-electron chi connectivity index (χ3n) is 4.04. The van der Waals surface area contributed by atoms with Gasteiger partial charge in [0.1, 0.15) is 12.1 Å².